The smallest absolute Gasteiger partial charge is 0.230 e. The maximum Gasteiger partial charge on any atom is 0.230 e. The highest BCUT2D eigenvalue weighted by atomic mass is 19.2. The summed E-state index contributed by atoms with van der Waals surface area (Å²) in [6.45, 7) is 1.93. The zero-order valence-electron chi connectivity index (χ0n) is 11.2. The van der Waals surface area contributed by atoms with Crippen LogP contribution in [0.3, 0.4) is 0 Å². The first kappa shape index (κ1) is 13.3. The normalized spacial score (nSPS) is 10.8. The molecule has 0 bridgehead atoms. The third-order valence-electron chi connectivity index (χ3n) is 3.23. The minimum Gasteiger partial charge on any atom is -0.367 e. The quantitative estimate of drug-likeness (QED) is 0.769. The lowest BCUT2D eigenvalue weighted by molar-refractivity contribution is 0.438. The fourth-order valence-electron chi connectivity index (χ4n) is 2.25. The number of rotatable bonds is 2. The highest BCUT2D eigenvalue weighted by Crippen LogP contribution is 2.37. The first-order valence-electron chi connectivity index (χ1n) is 6.34. The second-order valence-electron chi connectivity index (χ2n) is 4.74. The predicted molar refractivity (Wildman–Crippen MR) is 76.4 cm³/mol. The number of nitrogens with zero attached hydrogens (tertiary/aromatic N) is 1. The zero-order chi connectivity index (χ0) is 15.0. The molecule has 1 aromatic heterocycles. The minimum absolute atomic E-state index is 0.0203. The molecule has 0 fully saturated rings. The molecule has 0 aliphatic rings. The lowest BCUT2D eigenvalue weighted by atomic mass is 9.99. The molecule has 106 valence electrons. The van der Waals surface area contributed by atoms with Crippen LogP contribution in [0.4, 0.5) is 14.7 Å². The van der Waals surface area contributed by atoms with Crippen LogP contribution in [-0.2, 0) is 0 Å². The van der Waals surface area contributed by atoms with Crippen molar-refractivity contribution >= 4 is 5.88 Å². The second kappa shape index (κ2) is 5.01. The van der Waals surface area contributed by atoms with Crippen molar-refractivity contribution in [2.24, 2.45) is 0 Å². The molecule has 0 unspecified atom stereocenters. The molecule has 2 aromatic carbocycles. The molecule has 0 aliphatic heterocycles. The van der Waals surface area contributed by atoms with Gasteiger partial charge in [0.2, 0.25) is 5.88 Å². The summed E-state index contributed by atoms with van der Waals surface area (Å²) in [6.07, 6.45) is 0. The van der Waals surface area contributed by atoms with Gasteiger partial charge in [-0.25, -0.2) is 8.78 Å². The largest absolute Gasteiger partial charge is 0.367 e. The Bertz CT molecular complexity index is 812. The lowest BCUT2D eigenvalue weighted by Crippen LogP contribution is -1.92. The number of aryl methyl sites for hydroxylation is 1. The Labute approximate surface area is 120 Å². The molecule has 0 saturated carbocycles. The summed E-state index contributed by atoms with van der Waals surface area (Å²) in [4.78, 5) is 0. The van der Waals surface area contributed by atoms with E-state index in [1.165, 1.54) is 12.1 Å². The number of halogens is 2. The average Bonchev–Trinajstić information content (AvgIpc) is 2.83. The Morgan fingerprint density at radius 3 is 2.62 bits per heavy atom. The van der Waals surface area contributed by atoms with E-state index in [0.717, 1.165) is 17.2 Å². The van der Waals surface area contributed by atoms with E-state index in [1.54, 1.807) is 0 Å². The number of hydrogen-bond acceptors (Lipinski definition) is 3. The maximum absolute atomic E-state index is 14.0. The molecule has 0 amide bonds. The van der Waals surface area contributed by atoms with Crippen LogP contribution < -0.4 is 5.73 Å². The van der Waals surface area contributed by atoms with Crippen molar-refractivity contribution in [3.8, 4) is 22.4 Å². The summed E-state index contributed by atoms with van der Waals surface area (Å²) in [5.74, 6) is -1.84. The van der Waals surface area contributed by atoms with Crippen molar-refractivity contribution in [3.05, 3.63) is 59.7 Å². The van der Waals surface area contributed by atoms with Crippen LogP contribution in [0.5, 0.6) is 0 Å². The highest BCUT2D eigenvalue weighted by molar-refractivity contribution is 5.87. The summed E-state index contributed by atoms with van der Waals surface area (Å²) in [5.41, 5.74) is 8.23. The molecule has 0 saturated heterocycles. The summed E-state index contributed by atoms with van der Waals surface area (Å²) >= 11 is 0. The molecule has 3 nitrogen and oxygen atoms in total. The fraction of sp³-hybridized carbons (Fsp3) is 0.0625. The van der Waals surface area contributed by atoms with Gasteiger partial charge < -0.3 is 10.3 Å². The number of nitrogens with two attached hydrogens (primary N) is 1. The van der Waals surface area contributed by atoms with Gasteiger partial charge in [-0.1, -0.05) is 41.1 Å². The van der Waals surface area contributed by atoms with Crippen molar-refractivity contribution in [3.63, 3.8) is 0 Å². The van der Waals surface area contributed by atoms with Crippen molar-refractivity contribution in [1.29, 1.82) is 0 Å². The molecule has 2 N–H and O–H groups in total. The average molecular weight is 286 g/mol. The van der Waals surface area contributed by atoms with Gasteiger partial charge in [-0.05, 0) is 24.6 Å². The van der Waals surface area contributed by atoms with Gasteiger partial charge in [0.1, 0.15) is 5.69 Å². The second-order valence-corrected chi connectivity index (χ2v) is 4.74. The third-order valence-corrected chi connectivity index (χ3v) is 3.23. The summed E-state index contributed by atoms with van der Waals surface area (Å²) < 4.78 is 32.4. The van der Waals surface area contributed by atoms with Gasteiger partial charge in [-0.15, -0.1) is 0 Å². The molecule has 3 rings (SSSR count). The molecule has 1 heterocycles. The van der Waals surface area contributed by atoms with Crippen molar-refractivity contribution < 1.29 is 13.3 Å². The first-order valence-corrected chi connectivity index (χ1v) is 6.34. The van der Waals surface area contributed by atoms with Crippen LogP contribution in [-0.4, -0.2) is 5.16 Å². The third kappa shape index (κ3) is 2.27. The van der Waals surface area contributed by atoms with E-state index >= 15 is 0 Å². The standard InChI is InChI=1S/C16H12F2N2O/c1-9-4-2-5-10(8-9)13-15(20-21-16(13)19)11-6-3-7-12(17)14(11)18/h2-8H,19H2,1H3. The number of benzene rings is 2. The van der Waals surface area contributed by atoms with Crippen molar-refractivity contribution in [1.82, 2.24) is 5.16 Å². The van der Waals surface area contributed by atoms with Gasteiger partial charge in [0.25, 0.3) is 0 Å². The molecule has 0 spiro atoms. The molecule has 5 heteroatoms. The Morgan fingerprint density at radius 1 is 1.10 bits per heavy atom. The number of nitrogen functional groups attached to an aromatic ring is 1. The summed E-state index contributed by atoms with van der Waals surface area (Å²) in [7, 11) is 0. The highest BCUT2D eigenvalue weighted by Gasteiger charge is 2.21. The fourth-order valence-corrected chi connectivity index (χ4v) is 2.25. The van der Waals surface area contributed by atoms with Crippen molar-refractivity contribution in [2.75, 3.05) is 5.73 Å². The number of anilines is 1. The molecule has 0 radical (unpaired) electrons. The van der Waals surface area contributed by atoms with Crippen LogP contribution in [0, 0.1) is 18.6 Å². The zero-order valence-corrected chi connectivity index (χ0v) is 11.2. The van der Waals surface area contributed by atoms with Crippen LogP contribution >= 0.6 is 0 Å². The number of aromatic nitrogens is 1. The van der Waals surface area contributed by atoms with Crippen LogP contribution in [0.25, 0.3) is 22.4 Å². The van der Waals surface area contributed by atoms with Crippen molar-refractivity contribution in [2.45, 2.75) is 6.92 Å². The van der Waals surface area contributed by atoms with Crippen LogP contribution in [0.1, 0.15) is 5.56 Å². The first-order chi connectivity index (χ1) is 10.1. The molecule has 21 heavy (non-hydrogen) atoms. The predicted octanol–water partition coefficient (Wildman–Crippen LogP) is 4.18. The van der Waals surface area contributed by atoms with E-state index in [4.69, 9.17) is 10.3 Å². The van der Waals surface area contributed by atoms with E-state index in [9.17, 15) is 8.78 Å². The van der Waals surface area contributed by atoms with E-state index in [-0.39, 0.29) is 17.1 Å². The van der Waals surface area contributed by atoms with E-state index in [0.29, 0.717) is 5.56 Å². The lowest BCUT2D eigenvalue weighted by Gasteiger charge is -2.05. The Hall–Kier alpha value is -2.69. The summed E-state index contributed by atoms with van der Waals surface area (Å²) in [6, 6.07) is 11.4. The van der Waals surface area contributed by atoms with Gasteiger partial charge in [-0.3, -0.25) is 0 Å². The monoisotopic (exact) mass is 286 g/mol. The molecule has 0 aliphatic carbocycles. The Kier molecular flexibility index (Phi) is 3.17. The van der Waals surface area contributed by atoms with Gasteiger partial charge in [0.05, 0.1) is 5.56 Å². The topological polar surface area (TPSA) is 52.0 Å². The Balaban J connectivity index is 2.24. The maximum atomic E-state index is 14.0. The van der Waals surface area contributed by atoms with E-state index < -0.39 is 11.6 Å². The summed E-state index contributed by atoms with van der Waals surface area (Å²) in [5, 5.41) is 3.79. The van der Waals surface area contributed by atoms with E-state index in [2.05, 4.69) is 5.16 Å². The van der Waals surface area contributed by atoms with Gasteiger partial charge in [0.15, 0.2) is 11.6 Å². The number of hydrogen-bond donors (Lipinski definition) is 1. The van der Waals surface area contributed by atoms with Crippen LogP contribution in [0.15, 0.2) is 47.0 Å². The molecular weight excluding hydrogens is 274 g/mol. The molecular formula is C16H12F2N2O. The minimum atomic E-state index is -0.972. The SMILES string of the molecule is Cc1cccc(-c2c(-c3cccc(F)c3F)noc2N)c1. The van der Waals surface area contributed by atoms with Gasteiger partial charge in [0, 0.05) is 5.56 Å². The molecule has 3 aromatic rings. The van der Waals surface area contributed by atoms with Gasteiger partial charge in [-0.2, -0.15) is 0 Å². The van der Waals surface area contributed by atoms with Crippen LogP contribution in [0.2, 0.25) is 0 Å². The Morgan fingerprint density at radius 2 is 1.86 bits per heavy atom. The van der Waals surface area contributed by atoms with Gasteiger partial charge >= 0.3 is 0 Å². The molecule has 0 atom stereocenters. The van der Waals surface area contributed by atoms with E-state index in [1.807, 2.05) is 31.2 Å².